The molecule has 0 atom stereocenters. The van der Waals surface area contributed by atoms with Crippen LogP contribution in [0.25, 0.3) is 11.2 Å². The highest BCUT2D eigenvalue weighted by atomic mass is 35.5. The minimum Gasteiger partial charge on any atom is -0.339 e. The van der Waals surface area contributed by atoms with Gasteiger partial charge < -0.3 is 9.51 Å². The predicted octanol–water partition coefficient (Wildman–Crippen LogP) is 1.73. The van der Waals surface area contributed by atoms with Crippen LogP contribution in [0.2, 0.25) is 5.28 Å². The topological polar surface area (TPSA) is 172 Å². The number of unbranched alkanes of at least 4 members (excludes halogenated alkanes) is 1. The van der Waals surface area contributed by atoms with E-state index in [9.17, 15) is 18.0 Å². The zero-order valence-electron chi connectivity index (χ0n) is 19.6. The van der Waals surface area contributed by atoms with E-state index < -0.39 is 21.3 Å². The minimum atomic E-state index is -3.63. The van der Waals surface area contributed by atoms with Crippen LogP contribution in [-0.2, 0) is 41.7 Å². The highest BCUT2D eigenvalue weighted by Crippen LogP contribution is 2.13. The lowest BCUT2D eigenvalue weighted by atomic mass is 10.1. The second kappa shape index (κ2) is 10.8. The number of H-pyrrole nitrogens is 1. The Morgan fingerprint density at radius 1 is 1.11 bits per heavy atom. The van der Waals surface area contributed by atoms with Crippen LogP contribution in [0.15, 0.2) is 38.4 Å². The zero-order chi connectivity index (χ0) is 25.9. The number of hydrogen-bond acceptors (Lipinski definition) is 8. The maximum absolute atomic E-state index is 13.0. The molecule has 0 bridgehead atoms. The number of nitrogens with zero attached hydrogens (tertiary/aromatic N) is 5. The fourth-order valence-corrected chi connectivity index (χ4v) is 4.77. The van der Waals surface area contributed by atoms with Gasteiger partial charge in [-0.25, -0.2) is 18.4 Å². The van der Waals surface area contributed by atoms with Gasteiger partial charge in [-0.2, -0.15) is 9.97 Å². The molecular formula is C22H26ClN7O5S. The number of aromatic nitrogens is 6. The van der Waals surface area contributed by atoms with E-state index in [0.29, 0.717) is 43.1 Å². The Kier molecular flexibility index (Phi) is 7.71. The molecule has 0 amide bonds. The van der Waals surface area contributed by atoms with Crippen molar-refractivity contribution in [3.05, 3.63) is 73.2 Å². The Morgan fingerprint density at radius 3 is 2.61 bits per heavy atom. The Labute approximate surface area is 211 Å². The molecule has 0 unspecified atom stereocenters. The lowest BCUT2D eigenvalue weighted by Crippen LogP contribution is -2.40. The summed E-state index contributed by atoms with van der Waals surface area (Å²) in [7, 11) is -3.63. The average Bonchev–Trinajstić information content (AvgIpc) is 3.41. The van der Waals surface area contributed by atoms with Gasteiger partial charge in [0.05, 0.1) is 5.75 Å². The van der Waals surface area contributed by atoms with Crippen LogP contribution in [0.4, 0.5) is 0 Å². The first kappa shape index (κ1) is 25.8. The number of nitrogens with two attached hydrogens (primary N) is 1. The first-order valence-corrected chi connectivity index (χ1v) is 13.5. The molecule has 4 aromatic rings. The van der Waals surface area contributed by atoms with Crippen LogP contribution in [0.5, 0.6) is 0 Å². The molecule has 12 nitrogen and oxygen atoms in total. The SMILES string of the molecule is CCCCn1c(=O)n(CCCc2nc(Cc3cccc(CS(N)(=O)=O)c3)no2)c(=O)c2[nH]c(Cl)nc21. The number of fused-ring (bicyclic) bond motifs is 1. The molecule has 0 aliphatic rings. The van der Waals surface area contributed by atoms with E-state index in [1.165, 1.54) is 9.13 Å². The van der Waals surface area contributed by atoms with Crippen molar-refractivity contribution in [2.24, 2.45) is 5.14 Å². The van der Waals surface area contributed by atoms with Gasteiger partial charge in [0.25, 0.3) is 5.56 Å². The summed E-state index contributed by atoms with van der Waals surface area (Å²) < 4.78 is 30.6. The van der Waals surface area contributed by atoms with Crippen molar-refractivity contribution in [3.63, 3.8) is 0 Å². The summed E-state index contributed by atoms with van der Waals surface area (Å²) in [4.78, 5) is 37.1. The molecule has 0 fully saturated rings. The third-order valence-electron chi connectivity index (χ3n) is 5.57. The maximum Gasteiger partial charge on any atom is 0.332 e. The number of primary sulfonamides is 1. The van der Waals surface area contributed by atoms with E-state index in [2.05, 4.69) is 20.1 Å². The fraction of sp³-hybridized carbons (Fsp3) is 0.409. The number of hydrogen-bond donors (Lipinski definition) is 2. The van der Waals surface area contributed by atoms with E-state index in [1.807, 2.05) is 13.0 Å². The Morgan fingerprint density at radius 2 is 1.86 bits per heavy atom. The van der Waals surface area contributed by atoms with Gasteiger partial charge in [0.1, 0.15) is 0 Å². The van der Waals surface area contributed by atoms with Crippen LogP contribution in [0.3, 0.4) is 0 Å². The molecule has 0 spiro atoms. The lowest BCUT2D eigenvalue weighted by molar-refractivity contribution is 0.367. The van der Waals surface area contributed by atoms with Gasteiger partial charge in [0, 0.05) is 25.9 Å². The Balaban J connectivity index is 1.45. The second-order valence-corrected chi connectivity index (χ2v) is 10.5. The summed E-state index contributed by atoms with van der Waals surface area (Å²) in [5.74, 6) is 0.551. The number of halogens is 1. The van der Waals surface area contributed by atoms with Crippen LogP contribution in [0.1, 0.15) is 49.0 Å². The number of aryl methyl sites for hydroxylation is 2. The quantitative estimate of drug-likeness (QED) is 0.273. The van der Waals surface area contributed by atoms with Crippen molar-refractivity contribution in [1.82, 2.24) is 29.2 Å². The van der Waals surface area contributed by atoms with E-state index in [-0.39, 0.29) is 28.7 Å². The van der Waals surface area contributed by atoms with Crippen LogP contribution in [0, 0.1) is 0 Å². The maximum atomic E-state index is 13.0. The summed E-state index contributed by atoms with van der Waals surface area (Å²) in [5, 5.41) is 9.15. The van der Waals surface area contributed by atoms with E-state index in [0.717, 1.165) is 18.4 Å². The van der Waals surface area contributed by atoms with Gasteiger partial charge in [0.2, 0.25) is 21.2 Å². The molecular weight excluding hydrogens is 510 g/mol. The van der Waals surface area contributed by atoms with Gasteiger partial charge in [0.15, 0.2) is 17.0 Å². The molecule has 36 heavy (non-hydrogen) atoms. The summed E-state index contributed by atoms with van der Waals surface area (Å²) >= 11 is 5.96. The van der Waals surface area contributed by atoms with Crippen molar-refractivity contribution in [3.8, 4) is 0 Å². The molecule has 0 aliphatic heterocycles. The minimum absolute atomic E-state index is 0.0538. The Hall–Kier alpha value is -3.29. The third-order valence-corrected chi connectivity index (χ3v) is 6.49. The highest BCUT2D eigenvalue weighted by molar-refractivity contribution is 7.88. The fourth-order valence-electron chi connectivity index (χ4n) is 3.95. The van der Waals surface area contributed by atoms with Crippen LogP contribution < -0.4 is 16.4 Å². The average molecular weight is 536 g/mol. The highest BCUT2D eigenvalue weighted by Gasteiger charge is 2.17. The van der Waals surface area contributed by atoms with Crippen molar-refractivity contribution < 1.29 is 12.9 Å². The van der Waals surface area contributed by atoms with Gasteiger partial charge >= 0.3 is 5.69 Å². The van der Waals surface area contributed by atoms with Gasteiger partial charge in [-0.3, -0.25) is 13.9 Å². The van der Waals surface area contributed by atoms with Gasteiger partial charge in [-0.05, 0) is 35.6 Å². The number of nitrogens with one attached hydrogen (secondary N) is 1. The molecule has 0 aliphatic carbocycles. The zero-order valence-corrected chi connectivity index (χ0v) is 21.2. The standard InChI is InChI=1S/C22H26ClN7O5S/c1-2-3-9-29-19-18(26-21(23)27-19)20(31)30(22(29)32)10-5-8-17-25-16(28-35-17)12-14-6-4-7-15(11-14)13-36(24,33)34/h4,6-7,11H,2-3,5,8-10,12-13H2,1H3,(H,26,27)(H2,24,33,34). The molecule has 1 aromatic carbocycles. The third kappa shape index (κ3) is 6.09. The van der Waals surface area contributed by atoms with Crippen molar-refractivity contribution in [2.75, 3.05) is 0 Å². The summed E-state index contributed by atoms with van der Waals surface area (Å²) in [6.45, 7) is 2.60. The predicted molar refractivity (Wildman–Crippen MR) is 133 cm³/mol. The largest absolute Gasteiger partial charge is 0.339 e. The smallest absolute Gasteiger partial charge is 0.332 e. The summed E-state index contributed by atoms with van der Waals surface area (Å²) in [6, 6.07) is 6.98. The lowest BCUT2D eigenvalue weighted by Gasteiger charge is -2.10. The summed E-state index contributed by atoms with van der Waals surface area (Å²) in [6.07, 6.45) is 2.76. The summed E-state index contributed by atoms with van der Waals surface area (Å²) in [5.41, 5.74) is 0.927. The van der Waals surface area contributed by atoms with Crippen molar-refractivity contribution in [2.45, 2.75) is 57.9 Å². The normalized spacial score (nSPS) is 12.0. The molecule has 3 aromatic heterocycles. The van der Waals surface area contributed by atoms with Crippen LogP contribution in [-0.4, -0.2) is 37.7 Å². The number of benzene rings is 1. The molecule has 0 saturated carbocycles. The first-order chi connectivity index (χ1) is 17.1. The van der Waals surface area contributed by atoms with E-state index in [1.54, 1.807) is 18.2 Å². The number of rotatable bonds is 11. The van der Waals surface area contributed by atoms with E-state index in [4.69, 9.17) is 21.3 Å². The molecule has 4 rings (SSSR count). The first-order valence-electron chi connectivity index (χ1n) is 11.4. The van der Waals surface area contributed by atoms with Gasteiger partial charge in [-0.15, -0.1) is 0 Å². The molecule has 0 radical (unpaired) electrons. The van der Waals surface area contributed by atoms with Crippen molar-refractivity contribution >= 4 is 32.8 Å². The van der Waals surface area contributed by atoms with Gasteiger partial charge in [-0.1, -0.05) is 42.8 Å². The number of imidazole rings is 1. The number of aromatic amines is 1. The van der Waals surface area contributed by atoms with Crippen LogP contribution >= 0.6 is 11.6 Å². The molecule has 3 heterocycles. The number of sulfonamides is 1. The molecule has 3 N–H and O–H groups in total. The molecule has 0 saturated heterocycles. The molecule has 14 heteroatoms. The van der Waals surface area contributed by atoms with Crippen molar-refractivity contribution in [1.29, 1.82) is 0 Å². The van der Waals surface area contributed by atoms with E-state index >= 15 is 0 Å². The Bertz CT molecular complexity index is 1600. The monoisotopic (exact) mass is 535 g/mol. The molecule has 192 valence electrons. The second-order valence-electron chi connectivity index (χ2n) is 8.48.